The monoisotopic (exact) mass is 325 g/mol. The van der Waals surface area contributed by atoms with E-state index in [0.717, 1.165) is 23.8 Å². The van der Waals surface area contributed by atoms with Crippen molar-refractivity contribution in [2.45, 2.75) is 62.9 Å². The summed E-state index contributed by atoms with van der Waals surface area (Å²) in [7, 11) is 0. The van der Waals surface area contributed by atoms with Crippen molar-refractivity contribution in [3.05, 3.63) is 5.82 Å². The Bertz CT molecular complexity index is 566. The molecule has 8 heteroatoms. The summed E-state index contributed by atoms with van der Waals surface area (Å²) in [6.07, 6.45) is 2.23. The number of nitrogens with two attached hydrogens (primary N) is 1. The fraction of sp³-hybridized carbons (Fsp3) is 0.714. The lowest BCUT2D eigenvalue weighted by atomic mass is 10.1. The van der Waals surface area contributed by atoms with Gasteiger partial charge in [-0.25, -0.2) is 4.79 Å². The molecule has 22 heavy (non-hydrogen) atoms. The van der Waals surface area contributed by atoms with Crippen molar-refractivity contribution in [3.63, 3.8) is 0 Å². The molecule has 0 aromatic carbocycles. The second kappa shape index (κ2) is 6.68. The first-order valence-corrected chi connectivity index (χ1v) is 8.41. The lowest BCUT2D eigenvalue weighted by molar-refractivity contribution is -0.120. The number of hydrogen-bond donors (Lipinski definition) is 2. The number of thioether (sulfide) groups is 1. The second-order valence-electron chi connectivity index (χ2n) is 6.23. The van der Waals surface area contributed by atoms with Crippen molar-refractivity contribution in [2.75, 3.05) is 0 Å². The van der Waals surface area contributed by atoms with Gasteiger partial charge in [-0.3, -0.25) is 10.1 Å². The van der Waals surface area contributed by atoms with Crippen LogP contribution >= 0.6 is 11.8 Å². The molecule has 3 amide bonds. The van der Waals surface area contributed by atoms with Crippen molar-refractivity contribution in [3.8, 4) is 0 Å². The van der Waals surface area contributed by atoms with Gasteiger partial charge in [0.25, 0.3) is 0 Å². The van der Waals surface area contributed by atoms with E-state index in [-0.39, 0.29) is 17.7 Å². The van der Waals surface area contributed by atoms with Gasteiger partial charge in [0, 0.05) is 12.0 Å². The first-order valence-electron chi connectivity index (χ1n) is 7.53. The quantitative estimate of drug-likeness (QED) is 0.779. The maximum absolute atomic E-state index is 12.1. The number of aromatic nitrogens is 3. The molecule has 1 aliphatic rings. The topological polar surface area (TPSA) is 103 Å². The molecular formula is C14H23N5O2S. The maximum atomic E-state index is 12.1. The predicted octanol–water partition coefficient (Wildman–Crippen LogP) is 2.05. The van der Waals surface area contributed by atoms with E-state index >= 15 is 0 Å². The molecule has 1 saturated carbocycles. The van der Waals surface area contributed by atoms with Gasteiger partial charge in [0.2, 0.25) is 5.91 Å². The summed E-state index contributed by atoms with van der Waals surface area (Å²) in [6.45, 7) is 8.02. The lowest BCUT2D eigenvalue weighted by Crippen LogP contribution is -2.42. The molecule has 1 heterocycles. The molecule has 0 spiro atoms. The number of urea groups is 1. The number of imide groups is 1. The first kappa shape index (κ1) is 16.8. The molecule has 1 fully saturated rings. The van der Waals surface area contributed by atoms with Crippen LogP contribution in [-0.2, 0) is 4.79 Å². The molecule has 1 aliphatic carbocycles. The molecular weight excluding hydrogens is 302 g/mol. The smallest absolute Gasteiger partial charge is 0.318 e. The Morgan fingerprint density at radius 3 is 2.36 bits per heavy atom. The molecule has 1 unspecified atom stereocenters. The standard InChI is InChI=1S/C14H23N5O2S/c1-7(2)10(12(20)16-13(15)21)22-14-18-17-11(8(3)4)19(14)9-5-6-9/h7-10H,5-6H2,1-4H3,(H3,15,16,20,21). The number of nitrogens with one attached hydrogen (secondary N) is 1. The number of carbonyl (C=O) groups excluding carboxylic acids is 2. The van der Waals surface area contributed by atoms with Gasteiger partial charge in [0.15, 0.2) is 5.16 Å². The highest BCUT2D eigenvalue weighted by Gasteiger charge is 2.33. The molecule has 3 N–H and O–H groups in total. The van der Waals surface area contributed by atoms with Crippen LogP contribution < -0.4 is 11.1 Å². The average Bonchev–Trinajstić information content (AvgIpc) is 3.14. The van der Waals surface area contributed by atoms with Crippen LogP contribution in [-0.4, -0.2) is 32.0 Å². The van der Waals surface area contributed by atoms with Crippen LogP contribution in [0.5, 0.6) is 0 Å². The number of carbonyl (C=O) groups is 2. The van der Waals surface area contributed by atoms with E-state index in [1.54, 1.807) is 0 Å². The Balaban J connectivity index is 2.23. The van der Waals surface area contributed by atoms with Crippen molar-refractivity contribution in [2.24, 2.45) is 11.7 Å². The molecule has 0 aliphatic heterocycles. The largest absolute Gasteiger partial charge is 0.351 e. The number of hydrogen-bond acceptors (Lipinski definition) is 5. The summed E-state index contributed by atoms with van der Waals surface area (Å²) >= 11 is 1.35. The van der Waals surface area contributed by atoms with Gasteiger partial charge in [-0.1, -0.05) is 39.5 Å². The highest BCUT2D eigenvalue weighted by atomic mass is 32.2. The molecule has 7 nitrogen and oxygen atoms in total. The molecule has 1 aromatic rings. The van der Waals surface area contributed by atoms with Gasteiger partial charge in [0.1, 0.15) is 5.82 Å². The molecule has 1 aromatic heterocycles. The van der Waals surface area contributed by atoms with Crippen molar-refractivity contribution in [1.29, 1.82) is 0 Å². The van der Waals surface area contributed by atoms with Crippen LogP contribution in [0.15, 0.2) is 5.16 Å². The molecule has 2 rings (SSSR count). The number of rotatable bonds is 6. The average molecular weight is 325 g/mol. The Labute approximate surface area is 134 Å². The van der Waals surface area contributed by atoms with E-state index in [2.05, 4.69) is 33.9 Å². The van der Waals surface area contributed by atoms with Crippen LogP contribution in [0.4, 0.5) is 4.79 Å². The fourth-order valence-electron chi connectivity index (χ4n) is 2.24. The van der Waals surface area contributed by atoms with Gasteiger partial charge < -0.3 is 10.3 Å². The van der Waals surface area contributed by atoms with E-state index in [1.165, 1.54) is 11.8 Å². The zero-order valence-corrected chi connectivity index (χ0v) is 14.2. The Hall–Kier alpha value is -1.57. The van der Waals surface area contributed by atoms with Crippen LogP contribution in [0.3, 0.4) is 0 Å². The van der Waals surface area contributed by atoms with Gasteiger partial charge in [-0.2, -0.15) is 0 Å². The normalized spacial score (nSPS) is 16.1. The number of amides is 3. The molecule has 0 bridgehead atoms. The minimum Gasteiger partial charge on any atom is -0.351 e. The lowest BCUT2D eigenvalue weighted by Gasteiger charge is -2.19. The molecule has 0 saturated heterocycles. The minimum absolute atomic E-state index is 0.0382. The second-order valence-corrected chi connectivity index (χ2v) is 7.34. The Morgan fingerprint density at radius 2 is 1.91 bits per heavy atom. The summed E-state index contributed by atoms with van der Waals surface area (Å²) in [4.78, 5) is 23.1. The summed E-state index contributed by atoms with van der Waals surface area (Å²) in [5.74, 6) is 0.877. The first-order chi connectivity index (χ1) is 10.3. The zero-order valence-electron chi connectivity index (χ0n) is 13.4. The summed E-state index contributed by atoms with van der Waals surface area (Å²) in [6, 6.07) is -0.398. The van der Waals surface area contributed by atoms with Crippen molar-refractivity contribution in [1.82, 2.24) is 20.1 Å². The third-order valence-corrected chi connectivity index (χ3v) is 4.96. The zero-order chi connectivity index (χ0) is 16.4. The van der Waals surface area contributed by atoms with Gasteiger partial charge >= 0.3 is 6.03 Å². The molecule has 1 atom stereocenters. The third kappa shape index (κ3) is 3.79. The Kier molecular flexibility index (Phi) is 5.10. The predicted molar refractivity (Wildman–Crippen MR) is 84.6 cm³/mol. The van der Waals surface area contributed by atoms with Crippen LogP contribution in [0.2, 0.25) is 0 Å². The summed E-state index contributed by atoms with van der Waals surface area (Å²) < 4.78 is 2.14. The summed E-state index contributed by atoms with van der Waals surface area (Å²) in [5, 5.41) is 11.0. The van der Waals surface area contributed by atoms with Gasteiger partial charge in [-0.05, 0) is 18.8 Å². The van der Waals surface area contributed by atoms with E-state index in [0.29, 0.717) is 6.04 Å². The Morgan fingerprint density at radius 1 is 1.27 bits per heavy atom. The third-order valence-electron chi connectivity index (χ3n) is 3.46. The van der Waals surface area contributed by atoms with Gasteiger partial charge in [-0.15, -0.1) is 10.2 Å². The van der Waals surface area contributed by atoms with Crippen LogP contribution in [0, 0.1) is 5.92 Å². The maximum Gasteiger partial charge on any atom is 0.318 e. The van der Waals surface area contributed by atoms with E-state index < -0.39 is 11.3 Å². The van der Waals surface area contributed by atoms with E-state index in [1.807, 2.05) is 13.8 Å². The minimum atomic E-state index is -0.831. The van der Waals surface area contributed by atoms with Gasteiger partial charge in [0.05, 0.1) is 5.25 Å². The summed E-state index contributed by atoms with van der Waals surface area (Å²) in [5.41, 5.74) is 5.04. The van der Waals surface area contributed by atoms with E-state index in [9.17, 15) is 9.59 Å². The van der Waals surface area contributed by atoms with Crippen molar-refractivity contribution >= 4 is 23.7 Å². The molecule has 0 radical (unpaired) electrons. The highest BCUT2D eigenvalue weighted by Crippen LogP contribution is 2.41. The number of nitrogens with zero attached hydrogens (tertiary/aromatic N) is 3. The molecule has 122 valence electrons. The van der Waals surface area contributed by atoms with Crippen molar-refractivity contribution < 1.29 is 9.59 Å². The van der Waals surface area contributed by atoms with Crippen LogP contribution in [0.25, 0.3) is 0 Å². The van der Waals surface area contributed by atoms with Crippen LogP contribution in [0.1, 0.15) is 58.3 Å². The highest BCUT2D eigenvalue weighted by molar-refractivity contribution is 8.00. The fourth-order valence-corrected chi connectivity index (χ4v) is 3.35. The number of primary amides is 1. The SMILES string of the molecule is CC(C)c1nnc(SC(C(=O)NC(N)=O)C(C)C)n1C1CC1. The van der Waals surface area contributed by atoms with E-state index in [4.69, 9.17) is 5.73 Å².